The fourth-order valence-electron chi connectivity index (χ4n) is 3.04. The summed E-state index contributed by atoms with van der Waals surface area (Å²) in [5, 5.41) is 8.41. The average molecular weight is 387 g/mol. The molecule has 0 aromatic carbocycles. The number of hydrogen-bond donors (Lipinski definition) is 2. The first-order valence-corrected chi connectivity index (χ1v) is 8.90. The Bertz CT molecular complexity index is 913. The predicted octanol–water partition coefficient (Wildman–Crippen LogP) is -0.0196. The van der Waals surface area contributed by atoms with Crippen LogP contribution in [0, 0.1) is 5.92 Å². The lowest BCUT2D eigenvalue weighted by molar-refractivity contribution is -0.136. The molecule has 28 heavy (non-hydrogen) atoms. The lowest BCUT2D eigenvalue weighted by atomic mass is 9.96. The molecular weight excluding hydrogens is 366 g/mol. The average Bonchev–Trinajstić information content (AvgIpc) is 3.21. The zero-order valence-corrected chi connectivity index (χ0v) is 15.4. The van der Waals surface area contributed by atoms with E-state index >= 15 is 0 Å². The van der Waals surface area contributed by atoms with Gasteiger partial charge in [-0.1, -0.05) is 5.16 Å². The van der Waals surface area contributed by atoms with Crippen molar-refractivity contribution in [2.75, 3.05) is 25.0 Å². The van der Waals surface area contributed by atoms with Crippen LogP contribution in [0.1, 0.15) is 23.2 Å². The van der Waals surface area contributed by atoms with E-state index < -0.39 is 11.8 Å². The highest BCUT2D eigenvalue weighted by atomic mass is 16.5. The van der Waals surface area contributed by atoms with Crippen molar-refractivity contribution >= 4 is 23.5 Å². The molecule has 10 nitrogen and oxygen atoms in total. The van der Waals surface area contributed by atoms with E-state index in [2.05, 4.69) is 20.3 Å². The van der Waals surface area contributed by atoms with Gasteiger partial charge in [0.15, 0.2) is 5.82 Å². The summed E-state index contributed by atoms with van der Waals surface area (Å²) in [7, 11) is 1.60. The summed E-state index contributed by atoms with van der Waals surface area (Å²) in [6.45, 7) is 1.31. The van der Waals surface area contributed by atoms with Crippen molar-refractivity contribution < 1.29 is 18.9 Å². The second kappa shape index (κ2) is 8.51. The maximum absolute atomic E-state index is 12.6. The van der Waals surface area contributed by atoms with Crippen LogP contribution in [0.3, 0.4) is 0 Å². The summed E-state index contributed by atoms with van der Waals surface area (Å²) in [6, 6.07) is 4.63. The summed E-state index contributed by atoms with van der Waals surface area (Å²) in [4.78, 5) is 49.9. The van der Waals surface area contributed by atoms with Gasteiger partial charge in [-0.15, -0.1) is 0 Å². The number of carbonyl (C=O) groups is 3. The van der Waals surface area contributed by atoms with Crippen molar-refractivity contribution in [2.45, 2.75) is 12.8 Å². The normalized spacial score (nSPS) is 14.5. The van der Waals surface area contributed by atoms with Gasteiger partial charge < -0.3 is 19.3 Å². The Morgan fingerprint density at radius 1 is 1.21 bits per heavy atom. The number of likely N-dealkylation sites (tertiary alicyclic amines) is 1. The Hall–Kier alpha value is -3.43. The van der Waals surface area contributed by atoms with Crippen molar-refractivity contribution in [3.05, 3.63) is 46.6 Å². The number of aryl methyl sites for hydroxylation is 1. The quantitative estimate of drug-likeness (QED) is 0.710. The standard InChI is InChI=1S/C18H21N5O5/c1-22-7-2-3-13(17(22)26)18(27)23-8-4-12(5-9-23)11-19-15(24)16(25)20-14-6-10-28-21-14/h2-3,6-7,10,12H,4-5,8-9,11H2,1H3,(H,19,24)(H,20,21,25). The number of amides is 3. The molecule has 0 spiro atoms. The highest BCUT2D eigenvalue weighted by Crippen LogP contribution is 2.17. The molecule has 0 saturated carbocycles. The summed E-state index contributed by atoms with van der Waals surface area (Å²) in [6.07, 6.45) is 4.23. The Morgan fingerprint density at radius 2 is 1.96 bits per heavy atom. The molecule has 2 aromatic heterocycles. The molecule has 1 aliphatic heterocycles. The predicted molar refractivity (Wildman–Crippen MR) is 98.5 cm³/mol. The van der Waals surface area contributed by atoms with Gasteiger partial charge in [-0.2, -0.15) is 0 Å². The Balaban J connectivity index is 1.45. The van der Waals surface area contributed by atoms with Crippen molar-refractivity contribution in [1.82, 2.24) is 19.9 Å². The SMILES string of the molecule is Cn1cccc(C(=O)N2CCC(CNC(=O)C(=O)Nc3ccon3)CC2)c1=O. The van der Waals surface area contributed by atoms with E-state index in [0.717, 1.165) is 0 Å². The molecule has 0 radical (unpaired) electrons. The largest absolute Gasteiger partial charge is 0.363 e. The summed E-state index contributed by atoms with van der Waals surface area (Å²) in [5.74, 6) is -1.54. The molecule has 0 atom stereocenters. The molecular formula is C18H21N5O5. The van der Waals surface area contributed by atoms with Crippen LogP contribution in [0.2, 0.25) is 0 Å². The van der Waals surface area contributed by atoms with E-state index in [9.17, 15) is 19.2 Å². The summed E-state index contributed by atoms with van der Waals surface area (Å²) >= 11 is 0. The minimum absolute atomic E-state index is 0.145. The van der Waals surface area contributed by atoms with Gasteiger partial charge >= 0.3 is 11.8 Å². The molecule has 0 aliphatic carbocycles. The third-order valence-electron chi connectivity index (χ3n) is 4.69. The third-order valence-corrected chi connectivity index (χ3v) is 4.69. The molecule has 2 N–H and O–H groups in total. The van der Waals surface area contributed by atoms with E-state index in [0.29, 0.717) is 32.5 Å². The van der Waals surface area contributed by atoms with Gasteiger partial charge in [-0.05, 0) is 30.9 Å². The van der Waals surface area contributed by atoms with Gasteiger partial charge in [-0.3, -0.25) is 24.5 Å². The molecule has 3 heterocycles. The second-order valence-corrected chi connectivity index (χ2v) is 6.62. The number of carbonyl (C=O) groups excluding carboxylic acids is 3. The molecule has 0 bridgehead atoms. The van der Waals surface area contributed by atoms with Gasteiger partial charge in [0.1, 0.15) is 11.8 Å². The lowest BCUT2D eigenvalue weighted by Gasteiger charge is -2.32. The van der Waals surface area contributed by atoms with E-state index in [1.54, 1.807) is 24.2 Å². The van der Waals surface area contributed by atoms with Crippen LogP contribution >= 0.6 is 0 Å². The highest BCUT2D eigenvalue weighted by Gasteiger charge is 2.26. The number of pyridine rings is 1. The van der Waals surface area contributed by atoms with E-state index in [1.165, 1.54) is 23.0 Å². The molecule has 3 amide bonds. The molecule has 1 saturated heterocycles. The number of anilines is 1. The molecule has 0 unspecified atom stereocenters. The van der Waals surface area contributed by atoms with Crippen LogP contribution in [-0.4, -0.2) is 52.0 Å². The van der Waals surface area contributed by atoms with Gasteiger partial charge in [0, 0.05) is 38.9 Å². The van der Waals surface area contributed by atoms with Crippen LogP contribution in [0.15, 0.2) is 40.0 Å². The first-order valence-electron chi connectivity index (χ1n) is 8.90. The number of piperidine rings is 1. The lowest BCUT2D eigenvalue weighted by Crippen LogP contribution is -2.44. The molecule has 1 fully saturated rings. The van der Waals surface area contributed by atoms with Crippen molar-refractivity contribution in [3.63, 3.8) is 0 Å². The van der Waals surface area contributed by atoms with Gasteiger partial charge in [0.2, 0.25) is 0 Å². The summed E-state index contributed by atoms with van der Waals surface area (Å²) in [5.41, 5.74) is -0.165. The van der Waals surface area contributed by atoms with Gasteiger partial charge in [-0.25, -0.2) is 0 Å². The third kappa shape index (κ3) is 4.45. The highest BCUT2D eigenvalue weighted by molar-refractivity contribution is 6.39. The van der Waals surface area contributed by atoms with Crippen molar-refractivity contribution in [2.24, 2.45) is 13.0 Å². The first kappa shape index (κ1) is 19.3. The smallest absolute Gasteiger partial charge is 0.314 e. The monoisotopic (exact) mass is 387 g/mol. The maximum Gasteiger partial charge on any atom is 0.314 e. The zero-order chi connectivity index (χ0) is 20.1. The van der Waals surface area contributed by atoms with E-state index in [4.69, 9.17) is 0 Å². The van der Waals surface area contributed by atoms with Gasteiger partial charge in [0.25, 0.3) is 11.5 Å². The second-order valence-electron chi connectivity index (χ2n) is 6.62. The Kier molecular flexibility index (Phi) is 5.87. The number of rotatable bonds is 4. The minimum Gasteiger partial charge on any atom is -0.363 e. The molecule has 1 aliphatic rings. The molecule has 3 rings (SSSR count). The van der Waals surface area contributed by atoms with Crippen LogP contribution in [0.25, 0.3) is 0 Å². The number of hydrogen-bond acceptors (Lipinski definition) is 6. The topological polar surface area (TPSA) is 127 Å². The summed E-state index contributed by atoms with van der Waals surface area (Å²) < 4.78 is 5.95. The number of nitrogens with one attached hydrogen (secondary N) is 2. The Labute approximate surface area is 160 Å². The van der Waals surface area contributed by atoms with Crippen LogP contribution in [-0.2, 0) is 16.6 Å². The maximum atomic E-state index is 12.6. The number of aromatic nitrogens is 2. The molecule has 2 aromatic rings. The zero-order valence-electron chi connectivity index (χ0n) is 15.4. The van der Waals surface area contributed by atoms with E-state index in [-0.39, 0.29) is 28.8 Å². The van der Waals surface area contributed by atoms with Crippen molar-refractivity contribution in [1.29, 1.82) is 0 Å². The molecule has 10 heteroatoms. The molecule has 148 valence electrons. The van der Waals surface area contributed by atoms with Gasteiger partial charge in [0.05, 0.1) is 0 Å². The number of nitrogens with zero attached hydrogens (tertiary/aromatic N) is 3. The van der Waals surface area contributed by atoms with Crippen LogP contribution in [0.4, 0.5) is 5.82 Å². The fraction of sp³-hybridized carbons (Fsp3) is 0.389. The van der Waals surface area contributed by atoms with Crippen molar-refractivity contribution in [3.8, 4) is 0 Å². The first-order chi connectivity index (χ1) is 13.5. The minimum atomic E-state index is -0.818. The fourth-order valence-corrected chi connectivity index (χ4v) is 3.04. The van der Waals surface area contributed by atoms with Crippen LogP contribution in [0.5, 0.6) is 0 Å². The van der Waals surface area contributed by atoms with E-state index in [1.807, 2.05) is 0 Å². The van der Waals surface area contributed by atoms with Crippen LogP contribution < -0.4 is 16.2 Å². The Morgan fingerprint density at radius 3 is 2.64 bits per heavy atom.